The molecule has 55 heavy (non-hydrogen) atoms. The molecule has 16 heteroatoms. The predicted molar refractivity (Wildman–Crippen MR) is 192 cm³/mol. The van der Waals surface area contributed by atoms with Crippen molar-refractivity contribution >= 4 is 17.7 Å². The second-order valence-electron chi connectivity index (χ2n) is 13.2. The number of nitrogens with one attached hydrogen (secondary N) is 2. The van der Waals surface area contributed by atoms with Crippen LogP contribution in [0.15, 0.2) is 97.3 Å². The molecule has 0 unspecified atom stereocenters. The zero-order valence-corrected chi connectivity index (χ0v) is 30.3. The number of rotatable bonds is 7. The van der Waals surface area contributed by atoms with E-state index in [2.05, 4.69) is 20.6 Å². The number of piperidine rings is 2. The molecule has 2 saturated heterocycles. The molecule has 0 atom stereocenters. The van der Waals surface area contributed by atoms with Crippen molar-refractivity contribution in [2.45, 2.75) is 55.8 Å². The lowest BCUT2D eigenvalue weighted by Gasteiger charge is -2.40. The lowest BCUT2D eigenvalue weighted by molar-refractivity contribution is -0.138. The van der Waals surface area contributed by atoms with Crippen LogP contribution in [-0.2, 0) is 39.6 Å². The van der Waals surface area contributed by atoms with Crippen LogP contribution in [0, 0.1) is 0 Å². The van der Waals surface area contributed by atoms with Crippen LogP contribution in [0.3, 0.4) is 0 Å². The van der Waals surface area contributed by atoms with E-state index in [0.717, 1.165) is 35.7 Å². The number of methoxy groups -OCH3 is 2. The van der Waals surface area contributed by atoms with Gasteiger partial charge in [0.15, 0.2) is 0 Å². The first-order chi connectivity index (χ1) is 26.2. The molecule has 0 aliphatic carbocycles. The van der Waals surface area contributed by atoms with E-state index in [-0.39, 0.29) is 18.6 Å². The van der Waals surface area contributed by atoms with Gasteiger partial charge in [-0.05, 0) is 91.9 Å². The molecule has 2 aromatic carbocycles. The molecule has 2 aliphatic heterocycles. The number of hydrogen-bond acceptors (Lipinski definition) is 6. The summed E-state index contributed by atoms with van der Waals surface area (Å²) >= 11 is 0. The number of amides is 4. The molecule has 2 aromatic heterocycles. The molecular weight excluding hydrogens is 730 g/mol. The van der Waals surface area contributed by atoms with Gasteiger partial charge in [0, 0.05) is 65.0 Å². The molecule has 4 amide bonds. The molecule has 4 heterocycles. The number of halogens is 6. The van der Waals surface area contributed by atoms with Gasteiger partial charge in [-0.15, -0.1) is 0 Å². The van der Waals surface area contributed by atoms with Crippen LogP contribution < -0.4 is 10.6 Å². The number of carbonyl (C=O) groups is 2. The number of urea groups is 2. The second kappa shape index (κ2) is 17.5. The molecule has 0 bridgehead atoms. The first kappa shape index (κ1) is 41.0. The number of pyridine rings is 2. The summed E-state index contributed by atoms with van der Waals surface area (Å²) < 4.78 is 87.1. The highest BCUT2D eigenvalue weighted by Gasteiger charge is 2.40. The molecule has 0 saturated carbocycles. The molecule has 2 fully saturated rings. The summed E-state index contributed by atoms with van der Waals surface area (Å²) in [5, 5.41) is 5.40. The zero-order chi connectivity index (χ0) is 39.7. The number of benzene rings is 2. The number of alkyl halides is 6. The van der Waals surface area contributed by atoms with E-state index >= 15 is 0 Å². The molecule has 2 aliphatic rings. The lowest BCUT2D eigenvalue weighted by Crippen LogP contribution is -2.49. The summed E-state index contributed by atoms with van der Waals surface area (Å²) in [4.78, 5) is 36.9. The summed E-state index contributed by atoms with van der Waals surface area (Å²) in [5.74, 6) is 0. The standard InChI is InChI=1S/C20H22F3N3O2.C19H20F3N3O2/c1-28-19(17-4-2-3-11-24-17)9-12-26(13-10-19)18(27)25-14-15-5-7-16(8-6-15)20(21,22)23;1-27-18(16-4-2-3-11-23-16)9-12-25(13-10-18)17(26)24-15-7-5-14(6-8-15)19(20,21)22/h2-8,11H,9-10,12-14H2,1H3,(H,25,27);2-8,11H,9-10,12-13H2,1H3,(H,24,26). The van der Waals surface area contributed by atoms with Gasteiger partial charge in [0.2, 0.25) is 0 Å². The van der Waals surface area contributed by atoms with Crippen molar-refractivity contribution in [2.24, 2.45) is 0 Å². The van der Waals surface area contributed by atoms with Crippen LogP contribution in [0.1, 0.15) is 53.8 Å². The van der Waals surface area contributed by atoms with E-state index in [1.165, 1.54) is 24.3 Å². The average Bonchev–Trinajstić information content (AvgIpc) is 3.20. The van der Waals surface area contributed by atoms with E-state index in [0.29, 0.717) is 63.1 Å². The fourth-order valence-corrected chi connectivity index (χ4v) is 6.58. The highest BCUT2D eigenvalue weighted by Crippen LogP contribution is 2.37. The van der Waals surface area contributed by atoms with Gasteiger partial charge in [-0.25, -0.2) is 9.59 Å². The Balaban J connectivity index is 0.000000211. The number of likely N-dealkylation sites (tertiary alicyclic amines) is 2. The number of carbonyl (C=O) groups excluding carboxylic acids is 2. The van der Waals surface area contributed by atoms with E-state index in [4.69, 9.17) is 9.47 Å². The smallest absolute Gasteiger partial charge is 0.372 e. The first-order valence-electron chi connectivity index (χ1n) is 17.5. The minimum Gasteiger partial charge on any atom is -0.372 e. The van der Waals surface area contributed by atoms with E-state index < -0.39 is 34.7 Å². The molecule has 0 radical (unpaired) electrons. The molecule has 2 N–H and O–H groups in total. The summed E-state index contributed by atoms with van der Waals surface area (Å²) in [6.45, 7) is 2.09. The van der Waals surface area contributed by atoms with Gasteiger partial charge >= 0.3 is 24.4 Å². The van der Waals surface area contributed by atoms with Gasteiger partial charge < -0.3 is 29.9 Å². The van der Waals surface area contributed by atoms with Crippen LogP contribution in [0.25, 0.3) is 0 Å². The SMILES string of the molecule is COC1(c2ccccn2)CCN(C(=O)NCc2ccc(C(F)(F)F)cc2)CC1.COC1(c2ccccn2)CCN(C(=O)Nc2ccc(C(F)(F)F)cc2)CC1. The van der Waals surface area contributed by atoms with E-state index in [1.54, 1.807) is 36.4 Å². The van der Waals surface area contributed by atoms with Crippen molar-refractivity contribution < 1.29 is 45.4 Å². The topological polar surface area (TPSA) is 109 Å². The number of nitrogens with zero attached hydrogens (tertiary/aromatic N) is 4. The molecule has 294 valence electrons. The Morgan fingerprint density at radius 1 is 0.636 bits per heavy atom. The lowest BCUT2D eigenvalue weighted by atomic mass is 9.87. The van der Waals surface area contributed by atoms with Gasteiger partial charge in [-0.3, -0.25) is 9.97 Å². The van der Waals surface area contributed by atoms with Crippen molar-refractivity contribution in [1.29, 1.82) is 0 Å². The van der Waals surface area contributed by atoms with E-state index in [1.807, 2.05) is 36.4 Å². The first-order valence-corrected chi connectivity index (χ1v) is 17.5. The predicted octanol–water partition coefficient (Wildman–Crippen LogP) is 8.22. The third-order valence-electron chi connectivity index (χ3n) is 9.95. The van der Waals surface area contributed by atoms with Crippen LogP contribution in [-0.4, -0.2) is 72.2 Å². The van der Waals surface area contributed by atoms with Crippen LogP contribution >= 0.6 is 0 Å². The van der Waals surface area contributed by atoms with Crippen LogP contribution in [0.4, 0.5) is 41.6 Å². The number of hydrogen-bond donors (Lipinski definition) is 2. The normalized spacial score (nSPS) is 16.7. The third-order valence-corrected chi connectivity index (χ3v) is 9.95. The van der Waals surface area contributed by atoms with Crippen molar-refractivity contribution in [3.8, 4) is 0 Å². The molecule has 10 nitrogen and oxygen atoms in total. The summed E-state index contributed by atoms with van der Waals surface area (Å²) in [5.41, 5.74) is 0.109. The van der Waals surface area contributed by atoms with Crippen molar-refractivity contribution in [2.75, 3.05) is 45.7 Å². The average molecular weight is 773 g/mol. The Labute approximate surface area is 314 Å². The molecule has 4 aromatic rings. The maximum atomic E-state index is 12.6. The summed E-state index contributed by atoms with van der Waals surface area (Å²) in [6, 6.07) is 19.9. The number of ether oxygens (including phenoxy) is 2. The van der Waals surface area contributed by atoms with Crippen LogP contribution in [0.2, 0.25) is 0 Å². The van der Waals surface area contributed by atoms with Crippen molar-refractivity contribution in [3.63, 3.8) is 0 Å². The largest absolute Gasteiger partial charge is 0.416 e. The molecule has 6 rings (SSSR count). The molecular formula is C39H42F6N6O4. The van der Waals surface area contributed by atoms with Gasteiger partial charge in [-0.2, -0.15) is 26.3 Å². The molecule has 0 spiro atoms. The Kier molecular flexibility index (Phi) is 13.0. The number of aromatic nitrogens is 2. The van der Waals surface area contributed by atoms with Crippen LogP contribution in [0.5, 0.6) is 0 Å². The fourth-order valence-electron chi connectivity index (χ4n) is 6.58. The van der Waals surface area contributed by atoms with Crippen molar-refractivity contribution in [3.05, 3.63) is 125 Å². The Hall–Kier alpha value is -5.22. The maximum Gasteiger partial charge on any atom is 0.416 e. The minimum atomic E-state index is -4.40. The van der Waals surface area contributed by atoms with E-state index in [9.17, 15) is 35.9 Å². The Bertz CT molecular complexity index is 1830. The quantitative estimate of drug-likeness (QED) is 0.184. The highest BCUT2D eigenvalue weighted by atomic mass is 19.4. The van der Waals surface area contributed by atoms with Crippen molar-refractivity contribution in [1.82, 2.24) is 25.1 Å². The minimum absolute atomic E-state index is 0.170. The summed E-state index contributed by atoms with van der Waals surface area (Å²) in [7, 11) is 3.28. The maximum absolute atomic E-state index is 12.6. The monoisotopic (exact) mass is 772 g/mol. The Morgan fingerprint density at radius 2 is 1.05 bits per heavy atom. The second-order valence-corrected chi connectivity index (χ2v) is 13.2. The summed E-state index contributed by atoms with van der Waals surface area (Å²) in [6.07, 6.45) is -2.93. The Morgan fingerprint density at radius 3 is 1.44 bits per heavy atom. The zero-order valence-electron chi connectivity index (χ0n) is 30.3. The van der Waals surface area contributed by atoms with Gasteiger partial charge in [0.25, 0.3) is 0 Å². The van der Waals surface area contributed by atoms with Gasteiger partial charge in [0.1, 0.15) is 11.2 Å². The van der Waals surface area contributed by atoms with Gasteiger partial charge in [-0.1, -0.05) is 24.3 Å². The fraction of sp³-hybridized carbons (Fsp3) is 0.385. The number of anilines is 1. The van der Waals surface area contributed by atoms with Gasteiger partial charge in [0.05, 0.1) is 22.5 Å². The highest BCUT2D eigenvalue weighted by molar-refractivity contribution is 5.89. The third kappa shape index (κ3) is 10.3.